The van der Waals surface area contributed by atoms with Gasteiger partial charge < -0.3 is 19.0 Å². The van der Waals surface area contributed by atoms with Gasteiger partial charge >= 0.3 is 0 Å². The first-order valence-electron chi connectivity index (χ1n) is 15.4. The number of benzene rings is 2. The smallest absolute Gasteiger partial charge is 0.247 e. The van der Waals surface area contributed by atoms with E-state index in [0.717, 1.165) is 39.7 Å². The molecule has 0 bridgehead atoms. The van der Waals surface area contributed by atoms with Crippen molar-refractivity contribution in [3.63, 3.8) is 0 Å². The number of aromatic nitrogens is 5. The van der Waals surface area contributed by atoms with Gasteiger partial charge in [-0.25, -0.2) is 0 Å². The van der Waals surface area contributed by atoms with Crippen LogP contribution in [-0.2, 0) is 22.7 Å². The van der Waals surface area contributed by atoms with Crippen LogP contribution in [0.5, 0.6) is 11.5 Å². The predicted molar refractivity (Wildman–Crippen MR) is 171 cm³/mol. The van der Waals surface area contributed by atoms with E-state index < -0.39 is 0 Å². The van der Waals surface area contributed by atoms with E-state index >= 15 is 0 Å². The van der Waals surface area contributed by atoms with Crippen LogP contribution in [0.25, 0.3) is 22.0 Å². The predicted octanol–water partition coefficient (Wildman–Crippen LogP) is 6.20. The number of likely N-dealkylation sites (tertiary alicyclic amines) is 2. The second-order valence-electron chi connectivity index (χ2n) is 11.9. The van der Waals surface area contributed by atoms with Crippen LogP contribution in [0.4, 0.5) is 0 Å². The van der Waals surface area contributed by atoms with E-state index in [-0.39, 0.29) is 17.7 Å². The van der Waals surface area contributed by atoms with E-state index in [9.17, 15) is 9.59 Å². The van der Waals surface area contributed by atoms with E-state index in [1.807, 2.05) is 64.4 Å². The lowest BCUT2D eigenvalue weighted by atomic mass is 10.1. The van der Waals surface area contributed by atoms with Crippen LogP contribution < -0.4 is 4.74 Å². The summed E-state index contributed by atoms with van der Waals surface area (Å²) in [6.07, 6.45) is 5.18. The molecule has 11 nitrogen and oxygen atoms in total. The monoisotopic (exact) mass is 635 g/mol. The van der Waals surface area contributed by atoms with Gasteiger partial charge in [-0.2, -0.15) is 0 Å². The normalized spacial score (nSPS) is 16.6. The topological polar surface area (TPSA) is 127 Å². The lowest BCUT2D eigenvalue weighted by molar-refractivity contribution is -0.129. The van der Waals surface area contributed by atoms with Crippen LogP contribution in [0.1, 0.15) is 67.0 Å². The van der Waals surface area contributed by atoms with Gasteiger partial charge in [0, 0.05) is 74.0 Å². The minimum atomic E-state index is -0.185. The summed E-state index contributed by atoms with van der Waals surface area (Å²) < 4.78 is 12.6. The fourth-order valence-electron chi connectivity index (χ4n) is 5.68. The van der Waals surface area contributed by atoms with E-state index in [2.05, 4.69) is 39.2 Å². The number of carbonyl (C=O) groups excluding carboxylic acids is 2. The Kier molecular flexibility index (Phi) is 8.27. The molecule has 2 saturated heterocycles. The van der Waals surface area contributed by atoms with Gasteiger partial charge in [0.2, 0.25) is 23.6 Å². The zero-order chi connectivity index (χ0) is 31.6. The maximum absolute atomic E-state index is 12.8. The minimum Gasteiger partial charge on any atom is -0.457 e. The van der Waals surface area contributed by atoms with Crippen molar-refractivity contribution in [2.24, 2.45) is 0 Å². The average Bonchev–Trinajstić information content (AvgIpc) is 3.88. The summed E-state index contributed by atoms with van der Waals surface area (Å²) in [5.74, 6) is 2.35. The van der Waals surface area contributed by atoms with Gasteiger partial charge in [0.15, 0.2) is 0 Å². The second-order valence-corrected chi connectivity index (χ2v) is 13.0. The third-order valence-corrected chi connectivity index (χ3v) is 9.51. The highest BCUT2D eigenvalue weighted by atomic mass is 32.1. The standard InChI is InChI=1S/C34H33N7O4S/c1-21(2)33-38-39-34(46-33)23-7-9-27(10-8-23)44-28-16-24(5-6-25(28)19-40-15-3-4-29(40)42)31-36-37-32(45-31)26-17-30(43)41(20-26)18-22-11-13-35-14-12-22/h5-14,16,21,26H,3-4,15,17-20H2,1-2H3. The Morgan fingerprint density at radius 3 is 2.46 bits per heavy atom. The highest BCUT2D eigenvalue weighted by molar-refractivity contribution is 7.14. The Morgan fingerprint density at radius 2 is 1.72 bits per heavy atom. The van der Waals surface area contributed by atoms with Crippen molar-refractivity contribution in [2.45, 2.75) is 58.0 Å². The molecule has 3 aromatic heterocycles. The summed E-state index contributed by atoms with van der Waals surface area (Å²) in [7, 11) is 0. The van der Waals surface area contributed by atoms with Crippen LogP contribution in [-0.4, -0.2) is 60.1 Å². The SMILES string of the molecule is CC(C)c1nnc(-c2ccc(Oc3cc(-c4nnc(C5CC(=O)N(Cc6ccncc6)C5)o4)ccc3CN3CCCC3=O)cc2)s1. The number of amides is 2. The Hall–Kier alpha value is -4.97. The lowest BCUT2D eigenvalue weighted by Gasteiger charge is -2.19. The summed E-state index contributed by atoms with van der Waals surface area (Å²) >= 11 is 1.59. The van der Waals surface area contributed by atoms with Gasteiger partial charge in [0.1, 0.15) is 21.5 Å². The van der Waals surface area contributed by atoms with Crippen molar-refractivity contribution in [1.29, 1.82) is 0 Å². The summed E-state index contributed by atoms with van der Waals surface area (Å²) in [4.78, 5) is 32.9. The van der Waals surface area contributed by atoms with Crippen molar-refractivity contribution in [3.05, 3.63) is 89.0 Å². The number of carbonyl (C=O) groups is 2. The summed E-state index contributed by atoms with van der Waals surface area (Å²) in [6.45, 7) is 6.40. The van der Waals surface area contributed by atoms with E-state index in [1.54, 1.807) is 23.7 Å². The molecule has 2 amide bonds. The second kappa shape index (κ2) is 12.8. The van der Waals surface area contributed by atoms with Crippen LogP contribution in [0.15, 0.2) is 71.4 Å². The molecule has 0 aliphatic carbocycles. The molecular weight excluding hydrogens is 602 g/mol. The first kappa shape index (κ1) is 29.7. The van der Waals surface area contributed by atoms with Crippen molar-refractivity contribution in [3.8, 4) is 33.5 Å². The largest absolute Gasteiger partial charge is 0.457 e. The maximum Gasteiger partial charge on any atom is 0.247 e. The van der Waals surface area contributed by atoms with Crippen molar-refractivity contribution in [1.82, 2.24) is 35.2 Å². The Morgan fingerprint density at radius 1 is 0.913 bits per heavy atom. The molecule has 1 unspecified atom stereocenters. The van der Waals surface area contributed by atoms with Crippen LogP contribution in [0, 0.1) is 0 Å². The van der Waals surface area contributed by atoms with Crippen LogP contribution >= 0.6 is 11.3 Å². The molecule has 0 spiro atoms. The Balaban J connectivity index is 1.11. The molecule has 0 N–H and O–H groups in total. The molecule has 0 saturated carbocycles. The zero-order valence-corrected chi connectivity index (χ0v) is 26.4. The number of pyridine rings is 1. The molecule has 5 aromatic rings. The minimum absolute atomic E-state index is 0.0514. The quantitative estimate of drug-likeness (QED) is 0.176. The van der Waals surface area contributed by atoms with E-state index in [1.165, 1.54) is 0 Å². The lowest BCUT2D eigenvalue weighted by Crippen LogP contribution is -2.24. The number of hydrogen-bond donors (Lipinski definition) is 0. The summed E-state index contributed by atoms with van der Waals surface area (Å²) in [5, 5.41) is 19.2. The molecular formula is C34H33N7O4S. The van der Waals surface area contributed by atoms with E-state index in [0.29, 0.717) is 67.2 Å². The third kappa shape index (κ3) is 6.38. The highest BCUT2D eigenvalue weighted by Crippen LogP contribution is 2.35. The van der Waals surface area contributed by atoms with Crippen molar-refractivity contribution < 1.29 is 18.7 Å². The molecule has 1 atom stereocenters. The number of ether oxygens (including phenoxy) is 1. The molecule has 2 aromatic carbocycles. The first-order valence-corrected chi connectivity index (χ1v) is 16.2. The molecule has 0 radical (unpaired) electrons. The number of hydrogen-bond acceptors (Lipinski definition) is 10. The fraction of sp³-hybridized carbons (Fsp3) is 0.324. The van der Waals surface area contributed by atoms with Crippen LogP contribution in [0.3, 0.4) is 0 Å². The summed E-state index contributed by atoms with van der Waals surface area (Å²) in [5.41, 5.74) is 3.56. The number of nitrogens with zero attached hydrogens (tertiary/aromatic N) is 7. The van der Waals surface area contributed by atoms with Gasteiger partial charge in [-0.1, -0.05) is 31.3 Å². The first-order chi connectivity index (χ1) is 22.4. The van der Waals surface area contributed by atoms with Gasteiger partial charge in [0.05, 0.1) is 5.92 Å². The van der Waals surface area contributed by atoms with Gasteiger partial charge in [0.25, 0.3) is 0 Å². The van der Waals surface area contributed by atoms with Crippen molar-refractivity contribution >= 4 is 23.2 Å². The molecule has 12 heteroatoms. The molecule has 2 aliphatic rings. The summed E-state index contributed by atoms with van der Waals surface area (Å²) in [6, 6.07) is 17.3. The Labute approximate surface area is 270 Å². The molecule has 234 valence electrons. The third-order valence-electron chi connectivity index (χ3n) is 8.24. The molecule has 2 aliphatic heterocycles. The van der Waals surface area contributed by atoms with Crippen molar-refractivity contribution in [2.75, 3.05) is 13.1 Å². The Bertz CT molecular complexity index is 1850. The van der Waals surface area contributed by atoms with Gasteiger partial charge in [-0.15, -0.1) is 20.4 Å². The van der Waals surface area contributed by atoms with Gasteiger partial charge in [-0.3, -0.25) is 14.6 Å². The molecule has 7 rings (SSSR count). The number of rotatable bonds is 10. The van der Waals surface area contributed by atoms with Crippen LogP contribution in [0.2, 0.25) is 0 Å². The maximum atomic E-state index is 12.8. The van der Waals surface area contributed by atoms with E-state index in [4.69, 9.17) is 9.15 Å². The average molecular weight is 636 g/mol. The highest BCUT2D eigenvalue weighted by Gasteiger charge is 2.34. The molecule has 5 heterocycles. The molecule has 46 heavy (non-hydrogen) atoms. The fourth-order valence-corrected chi connectivity index (χ4v) is 6.53. The van der Waals surface area contributed by atoms with Gasteiger partial charge in [-0.05, 0) is 60.5 Å². The zero-order valence-electron chi connectivity index (χ0n) is 25.6. The molecule has 2 fully saturated rings.